The molecule has 1 atom stereocenters. The lowest BCUT2D eigenvalue weighted by atomic mass is 10.1. The van der Waals surface area contributed by atoms with Gasteiger partial charge in [0.1, 0.15) is 5.75 Å². The van der Waals surface area contributed by atoms with E-state index in [-0.39, 0.29) is 18.9 Å². The molecule has 0 radical (unpaired) electrons. The van der Waals surface area contributed by atoms with Crippen LogP contribution in [0.5, 0.6) is 5.75 Å². The van der Waals surface area contributed by atoms with Gasteiger partial charge < -0.3 is 19.7 Å². The van der Waals surface area contributed by atoms with Crippen LogP contribution in [0.3, 0.4) is 0 Å². The maximum absolute atomic E-state index is 11.9. The highest BCUT2D eigenvalue weighted by Crippen LogP contribution is 2.15. The average molecular weight is 377 g/mol. The number of H-pyrrole nitrogens is 1. The van der Waals surface area contributed by atoms with Gasteiger partial charge in [-0.05, 0) is 42.7 Å². The van der Waals surface area contributed by atoms with Gasteiger partial charge in [-0.1, -0.05) is 13.3 Å². The van der Waals surface area contributed by atoms with Crippen molar-refractivity contribution in [1.82, 2.24) is 9.97 Å². The van der Waals surface area contributed by atoms with E-state index in [1.54, 1.807) is 24.3 Å². The Morgan fingerprint density at radius 3 is 2.65 bits per heavy atom. The van der Waals surface area contributed by atoms with E-state index in [0.717, 1.165) is 16.3 Å². The van der Waals surface area contributed by atoms with Gasteiger partial charge in [-0.15, -0.1) is 0 Å². The van der Waals surface area contributed by atoms with Crippen LogP contribution in [0.15, 0.2) is 36.7 Å². The second kappa shape index (κ2) is 9.83. The molecule has 1 aromatic heterocycles. The van der Waals surface area contributed by atoms with E-state index in [2.05, 4.69) is 9.97 Å². The quantitative estimate of drug-likeness (QED) is 0.285. The molecule has 140 valence electrons. The molecule has 8 nitrogen and oxygen atoms in total. The fourth-order valence-corrected chi connectivity index (χ4v) is 2.83. The van der Waals surface area contributed by atoms with Crippen LogP contribution in [0.2, 0.25) is 0 Å². The second-order valence-corrected chi connectivity index (χ2v) is 6.44. The lowest BCUT2D eigenvalue weighted by Crippen LogP contribution is -2.28. The van der Waals surface area contributed by atoms with E-state index in [1.807, 2.05) is 6.92 Å². The average Bonchev–Trinajstić information content (AvgIpc) is 3.13. The van der Waals surface area contributed by atoms with Crippen molar-refractivity contribution in [3.05, 3.63) is 42.2 Å². The van der Waals surface area contributed by atoms with Crippen molar-refractivity contribution in [1.29, 1.82) is 5.41 Å². The molecular weight excluding hydrogens is 356 g/mol. The van der Waals surface area contributed by atoms with Crippen LogP contribution in [0.1, 0.15) is 38.2 Å². The molecule has 0 spiro atoms. The predicted octanol–water partition coefficient (Wildman–Crippen LogP) is 2.56. The summed E-state index contributed by atoms with van der Waals surface area (Å²) >= 11 is -2.48. The molecule has 26 heavy (non-hydrogen) atoms. The Labute approximate surface area is 154 Å². The molecule has 0 aliphatic rings. The molecule has 0 amide bonds. The van der Waals surface area contributed by atoms with Crippen LogP contribution in [-0.4, -0.2) is 37.0 Å². The molecule has 1 heterocycles. The Balaban J connectivity index is 1.81. The highest BCUT2D eigenvalue weighted by Gasteiger charge is 2.12. The molecule has 0 aliphatic heterocycles. The molecule has 1 aromatic carbocycles. The molecule has 2 rings (SSSR count). The van der Waals surface area contributed by atoms with Crippen molar-refractivity contribution in [3.8, 4) is 5.75 Å². The molecule has 0 bridgehead atoms. The molecule has 2 N–H and O–H groups in total. The highest BCUT2D eigenvalue weighted by molar-refractivity contribution is 7.80. The third kappa shape index (κ3) is 5.78. The van der Waals surface area contributed by atoms with Gasteiger partial charge in [-0.25, -0.2) is 4.98 Å². The first-order valence-electron chi connectivity index (χ1n) is 8.26. The monoisotopic (exact) mass is 377 g/mol. The number of nitrogens with one attached hydrogen (secondary N) is 2. The Morgan fingerprint density at radius 1 is 1.35 bits per heavy atom. The van der Waals surface area contributed by atoms with Gasteiger partial charge in [0.25, 0.3) is 0 Å². The number of aromatic nitrogens is 2. The maximum atomic E-state index is 11.9. The molecule has 0 saturated heterocycles. The van der Waals surface area contributed by atoms with E-state index in [4.69, 9.17) is 10.1 Å². The zero-order valence-electron chi connectivity index (χ0n) is 14.4. The number of aromatic amines is 1. The number of esters is 1. The van der Waals surface area contributed by atoms with Crippen molar-refractivity contribution in [2.75, 3.05) is 10.8 Å². The molecule has 2 aromatic rings. The van der Waals surface area contributed by atoms with Gasteiger partial charge >= 0.3 is 5.97 Å². The first kappa shape index (κ1) is 19.8. The smallest absolute Gasteiger partial charge is 0.311 e. The van der Waals surface area contributed by atoms with Gasteiger partial charge in [0.15, 0.2) is 0 Å². The summed E-state index contributed by atoms with van der Waals surface area (Å²) in [6.45, 7) is 2.13. The van der Waals surface area contributed by atoms with E-state index in [1.165, 1.54) is 12.4 Å². The molecule has 0 aliphatic carbocycles. The summed E-state index contributed by atoms with van der Waals surface area (Å²) in [5.41, 5.74) is 1.35. The Bertz CT molecular complexity index is 747. The second-order valence-electron chi connectivity index (χ2n) is 5.56. The van der Waals surface area contributed by atoms with Crippen molar-refractivity contribution < 1.29 is 18.3 Å². The summed E-state index contributed by atoms with van der Waals surface area (Å²) in [6, 6.07) is 6.80. The first-order chi connectivity index (χ1) is 12.5. The van der Waals surface area contributed by atoms with Gasteiger partial charge in [0.05, 0.1) is 0 Å². The summed E-state index contributed by atoms with van der Waals surface area (Å²) in [7, 11) is 0. The van der Waals surface area contributed by atoms with Crippen molar-refractivity contribution in [2.24, 2.45) is 0 Å². The van der Waals surface area contributed by atoms with E-state index < -0.39 is 17.2 Å². The lowest BCUT2D eigenvalue weighted by Gasteiger charge is -2.23. The molecule has 1 unspecified atom stereocenters. The van der Waals surface area contributed by atoms with Crippen LogP contribution >= 0.6 is 0 Å². The van der Waals surface area contributed by atoms with E-state index >= 15 is 0 Å². The zero-order valence-corrected chi connectivity index (χ0v) is 15.3. The third-order valence-corrected chi connectivity index (χ3v) is 4.29. The predicted molar refractivity (Wildman–Crippen MR) is 97.9 cm³/mol. The number of carbonyl (C=O) groups is 1. The molecule has 0 fully saturated rings. The van der Waals surface area contributed by atoms with Crippen LogP contribution in [-0.2, 0) is 16.1 Å². The third-order valence-electron chi connectivity index (χ3n) is 3.58. The van der Waals surface area contributed by atoms with Crippen LogP contribution in [0, 0.1) is 5.41 Å². The lowest BCUT2D eigenvalue weighted by molar-refractivity contribution is -0.134. The summed E-state index contributed by atoms with van der Waals surface area (Å²) in [5.74, 6) is 0.160. The molecule has 9 heteroatoms. The van der Waals surface area contributed by atoms with Crippen LogP contribution < -0.4 is 9.04 Å². The van der Waals surface area contributed by atoms with Crippen LogP contribution in [0.4, 0.5) is 5.95 Å². The number of hydrogen-bond acceptors (Lipinski definition) is 6. The van der Waals surface area contributed by atoms with E-state index in [9.17, 15) is 13.6 Å². The maximum Gasteiger partial charge on any atom is 0.311 e. The largest absolute Gasteiger partial charge is 0.755 e. The standard InChI is InChI=1S/C17H22N4O4S/c1-2-4-15(18)13-6-8-14(9-7-13)25-16(22)5-3-12-21(26(23)24)17-19-10-11-20-17/h6-11,18H,2-5,12H2,1H3,(H,19,20)(H,23,24)/p-1. The number of imidazole rings is 1. The summed E-state index contributed by atoms with van der Waals surface area (Å²) in [5, 5.41) is 7.90. The minimum atomic E-state index is -2.48. The molecule has 0 saturated carbocycles. The first-order valence-corrected chi connectivity index (χ1v) is 9.29. The van der Waals surface area contributed by atoms with Crippen molar-refractivity contribution in [3.63, 3.8) is 0 Å². The van der Waals surface area contributed by atoms with Crippen molar-refractivity contribution >= 4 is 28.9 Å². The number of anilines is 1. The number of benzene rings is 1. The SMILES string of the molecule is CCCC(=N)c1ccc(OC(=O)CCCN(c2ncc[nH]2)S(=O)[O-])cc1. The van der Waals surface area contributed by atoms with Gasteiger partial charge in [-0.2, -0.15) is 0 Å². The number of nitrogens with zero attached hydrogens (tertiary/aromatic N) is 2. The topological polar surface area (TPSA) is 122 Å². The minimum Gasteiger partial charge on any atom is -0.755 e. The summed E-state index contributed by atoms with van der Waals surface area (Å²) in [6.07, 6.45) is 4.94. The zero-order chi connectivity index (χ0) is 18.9. The molecular formula is C17H21N4O4S-. The Morgan fingerprint density at radius 2 is 2.08 bits per heavy atom. The Kier molecular flexibility index (Phi) is 7.49. The summed E-state index contributed by atoms with van der Waals surface area (Å²) in [4.78, 5) is 18.5. The number of ether oxygens (including phenoxy) is 1. The Hall–Kier alpha value is -2.52. The number of carbonyl (C=O) groups excluding carboxylic acids is 1. The van der Waals surface area contributed by atoms with Gasteiger partial charge in [0, 0.05) is 42.3 Å². The van der Waals surface area contributed by atoms with E-state index in [0.29, 0.717) is 24.3 Å². The fourth-order valence-electron chi connectivity index (χ4n) is 2.31. The highest BCUT2D eigenvalue weighted by atomic mass is 32.2. The van der Waals surface area contributed by atoms with Gasteiger partial charge in [-0.3, -0.25) is 13.3 Å². The minimum absolute atomic E-state index is 0.0712. The van der Waals surface area contributed by atoms with Crippen LogP contribution in [0.25, 0.3) is 0 Å². The summed E-state index contributed by atoms with van der Waals surface area (Å²) < 4.78 is 28.7. The fraction of sp³-hybridized carbons (Fsp3) is 0.353. The number of rotatable bonds is 10. The number of hydrogen-bond donors (Lipinski definition) is 2. The van der Waals surface area contributed by atoms with Crippen molar-refractivity contribution in [2.45, 2.75) is 32.6 Å². The van der Waals surface area contributed by atoms with Gasteiger partial charge in [0.2, 0.25) is 5.95 Å². The normalized spacial score (nSPS) is 11.8.